The number of hydrogen-bond acceptors (Lipinski definition) is 5. The molecule has 0 aliphatic carbocycles. The minimum atomic E-state index is -4.56. The Bertz CT molecular complexity index is 1590. The van der Waals surface area contributed by atoms with Crippen molar-refractivity contribution >= 4 is 33.7 Å². The molecule has 0 aliphatic rings. The lowest BCUT2D eigenvalue weighted by Crippen LogP contribution is -2.23. The van der Waals surface area contributed by atoms with Crippen molar-refractivity contribution in [1.29, 1.82) is 0 Å². The first-order valence-electron chi connectivity index (χ1n) is 10.6. The fourth-order valence-electron chi connectivity index (χ4n) is 3.63. The Balaban J connectivity index is 1.67. The largest absolute Gasteiger partial charge is 0.416 e. The standard InChI is InChI=1S/C23H17F6N5O2S/c1-2-34-20-12(9-31-22(30)32-20)7-15(21(34)35)14-8-16(24)19(18(26)17(14)25)33-37(36)10-11-3-5-13(6-4-11)23(27,28)29/h3-9,33H,2,10H2,1H3,(H2,30,31,32). The number of aryl methyl sites for hydroxylation is 1. The Labute approximate surface area is 207 Å². The van der Waals surface area contributed by atoms with Gasteiger partial charge in [-0.3, -0.25) is 14.1 Å². The molecule has 7 nitrogen and oxygen atoms in total. The number of rotatable bonds is 6. The number of nitrogens with zero attached hydrogens (tertiary/aromatic N) is 3. The van der Waals surface area contributed by atoms with E-state index in [4.69, 9.17) is 5.73 Å². The summed E-state index contributed by atoms with van der Waals surface area (Å²) in [4.78, 5) is 20.8. The second kappa shape index (κ2) is 9.84. The van der Waals surface area contributed by atoms with Crippen LogP contribution in [0.4, 0.5) is 38.0 Å². The van der Waals surface area contributed by atoms with E-state index in [1.54, 1.807) is 6.92 Å². The Kier molecular flexibility index (Phi) is 6.95. The molecule has 0 fully saturated rings. The van der Waals surface area contributed by atoms with Gasteiger partial charge < -0.3 is 5.73 Å². The second-order valence-electron chi connectivity index (χ2n) is 7.81. The quantitative estimate of drug-likeness (QED) is 0.270. The average Bonchev–Trinajstić information content (AvgIpc) is 2.84. The fraction of sp³-hybridized carbons (Fsp3) is 0.174. The molecule has 0 amide bonds. The number of halogens is 6. The molecule has 0 saturated heterocycles. The normalized spacial score (nSPS) is 12.6. The third-order valence-corrected chi connectivity index (χ3v) is 6.43. The van der Waals surface area contributed by atoms with Crippen LogP contribution in [0.3, 0.4) is 0 Å². The van der Waals surface area contributed by atoms with E-state index < -0.39 is 62.7 Å². The lowest BCUT2D eigenvalue weighted by Gasteiger charge is -2.14. The minimum absolute atomic E-state index is 0.0920. The van der Waals surface area contributed by atoms with Gasteiger partial charge in [0.1, 0.15) is 22.3 Å². The summed E-state index contributed by atoms with van der Waals surface area (Å²) in [6, 6.07) is 5.43. The maximum Gasteiger partial charge on any atom is 0.416 e. The minimum Gasteiger partial charge on any atom is -0.368 e. The summed E-state index contributed by atoms with van der Waals surface area (Å²) in [5.74, 6) is -5.18. The van der Waals surface area contributed by atoms with Crippen molar-refractivity contribution in [1.82, 2.24) is 14.5 Å². The smallest absolute Gasteiger partial charge is 0.368 e. The van der Waals surface area contributed by atoms with Gasteiger partial charge >= 0.3 is 6.18 Å². The molecule has 14 heteroatoms. The maximum absolute atomic E-state index is 15.1. The van der Waals surface area contributed by atoms with Crippen molar-refractivity contribution in [3.8, 4) is 11.1 Å². The number of anilines is 2. The van der Waals surface area contributed by atoms with E-state index in [2.05, 4.69) is 9.97 Å². The molecule has 0 spiro atoms. The van der Waals surface area contributed by atoms with Crippen LogP contribution in [0.25, 0.3) is 22.2 Å². The van der Waals surface area contributed by atoms with Gasteiger partial charge in [-0.05, 0) is 36.8 Å². The van der Waals surface area contributed by atoms with Gasteiger partial charge in [-0.25, -0.2) is 22.4 Å². The lowest BCUT2D eigenvalue weighted by atomic mass is 10.0. The van der Waals surface area contributed by atoms with Crippen molar-refractivity contribution < 1.29 is 30.6 Å². The van der Waals surface area contributed by atoms with Crippen molar-refractivity contribution in [2.24, 2.45) is 0 Å². The summed E-state index contributed by atoms with van der Waals surface area (Å²) in [5.41, 5.74) is 2.09. The molecule has 3 N–H and O–H groups in total. The van der Waals surface area contributed by atoms with Gasteiger partial charge in [0.15, 0.2) is 17.5 Å². The third kappa shape index (κ3) is 5.14. The number of nitrogen functional groups attached to an aromatic ring is 1. The molecule has 1 atom stereocenters. The van der Waals surface area contributed by atoms with Crippen molar-refractivity contribution in [3.05, 3.63) is 81.5 Å². The molecule has 4 rings (SSSR count). The molecule has 2 aromatic heterocycles. The van der Waals surface area contributed by atoms with Gasteiger partial charge in [-0.2, -0.15) is 18.2 Å². The molecule has 1 unspecified atom stereocenters. The highest BCUT2D eigenvalue weighted by Gasteiger charge is 2.30. The van der Waals surface area contributed by atoms with Gasteiger partial charge in [-0.15, -0.1) is 0 Å². The Morgan fingerprint density at radius 1 is 1.05 bits per heavy atom. The zero-order valence-electron chi connectivity index (χ0n) is 18.9. The van der Waals surface area contributed by atoms with Crippen molar-refractivity contribution in [2.75, 3.05) is 10.5 Å². The van der Waals surface area contributed by atoms with Gasteiger partial charge in [-0.1, -0.05) is 12.1 Å². The SMILES string of the molecule is CCn1c(=O)c(-c2cc(F)c(NS(=O)Cc3ccc(C(F)(F)F)cc3)c(F)c2F)cc2cnc(N)nc21. The molecular weight excluding hydrogens is 524 g/mol. The Hall–Kier alpha value is -3.94. The van der Waals surface area contributed by atoms with Gasteiger partial charge in [0, 0.05) is 23.7 Å². The fourth-order valence-corrected chi connectivity index (χ4v) is 4.62. The van der Waals surface area contributed by atoms with Crippen LogP contribution in [0.5, 0.6) is 0 Å². The zero-order chi connectivity index (χ0) is 27.1. The highest BCUT2D eigenvalue weighted by Crippen LogP contribution is 2.32. The second-order valence-corrected chi connectivity index (χ2v) is 8.99. The topological polar surface area (TPSA) is 103 Å². The number of nitrogens with one attached hydrogen (secondary N) is 1. The molecule has 194 valence electrons. The highest BCUT2D eigenvalue weighted by molar-refractivity contribution is 7.85. The van der Waals surface area contributed by atoms with Crippen molar-refractivity contribution in [2.45, 2.75) is 25.4 Å². The van der Waals surface area contributed by atoms with E-state index in [0.29, 0.717) is 6.07 Å². The molecule has 0 aliphatic heterocycles. The molecule has 2 heterocycles. The summed E-state index contributed by atoms with van der Waals surface area (Å²) < 4.78 is 98.4. The van der Waals surface area contributed by atoms with Gasteiger partial charge in [0.2, 0.25) is 5.95 Å². The summed E-state index contributed by atoms with van der Waals surface area (Å²) in [6.45, 7) is 1.70. The van der Waals surface area contributed by atoms with Crippen LogP contribution in [0, 0.1) is 17.5 Å². The molecule has 2 aromatic carbocycles. The Morgan fingerprint density at radius 3 is 2.35 bits per heavy atom. The Morgan fingerprint density at radius 2 is 1.73 bits per heavy atom. The van der Waals surface area contributed by atoms with E-state index in [1.165, 1.54) is 12.3 Å². The number of nitrogens with two attached hydrogens (primary N) is 1. The maximum atomic E-state index is 15.1. The predicted molar refractivity (Wildman–Crippen MR) is 126 cm³/mol. The van der Waals surface area contributed by atoms with Crippen LogP contribution in [0.2, 0.25) is 0 Å². The van der Waals surface area contributed by atoms with Gasteiger partial charge in [0.05, 0.1) is 16.9 Å². The lowest BCUT2D eigenvalue weighted by molar-refractivity contribution is -0.137. The van der Waals surface area contributed by atoms with E-state index in [0.717, 1.165) is 28.8 Å². The first-order valence-corrected chi connectivity index (χ1v) is 11.9. The molecule has 0 radical (unpaired) electrons. The van der Waals surface area contributed by atoms with Crippen LogP contribution in [-0.2, 0) is 29.5 Å². The molecule has 37 heavy (non-hydrogen) atoms. The van der Waals surface area contributed by atoms with E-state index >= 15 is 4.39 Å². The van der Waals surface area contributed by atoms with Crippen molar-refractivity contribution in [3.63, 3.8) is 0 Å². The predicted octanol–water partition coefficient (Wildman–Crippen LogP) is 4.77. The van der Waals surface area contributed by atoms with Crippen LogP contribution in [0.1, 0.15) is 18.1 Å². The number of pyridine rings is 1. The number of hydrogen-bond donors (Lipinski definition) is 2. The first kappa shape index (κ1) is 26.1. The van der Waals surface area contributed by atoms with E-state index in [-0.39, 0.29) is 34.7 Å². The molecular formula is C23H17F6N5O2S. The van der Waals surface area contributed by atoms with Crippen LogP contribution in [-0.4, -0.2) is 18.7 Å². The van der Waals surface area contributed by atoms with Crippen LogP contribution in [0.15, 0.2) is 47.4 Å². The number of aromatic nitrogens is 3. The zero-order valence-corrected chi connectivity index (χ0v) is 19.7. The van der Waals surface area contributed by atoms with Gasteiger partial charge in [0.25, 0.3) is 5.56 Å². The first-order chi connectivity index (χ1) is 17.4. The average molecular weight is 541 g/mol. The van der Waals surface area contributed by atoms with Crippen LogP contribution < -0.4 is 16.0 Å². The summed E-state index contributed by atoms with van der Waals surface area (Å²) in [6.07, 6.45) is -3.29. The molecule has 0 saturated carbocycles. The molecule has 0 bridgehead atoms. The number of alkyl halides is 3. The van der Waals surface area contributed by atoms with E-state index in [1.807, 2.05) is 4.72 Å². The number of benzene rings is 2. The summed E-state index contributed by atoms with van der Waals surface area (Å²) >= 11 is 0. The molecule has 4 aromatic rings. The third-order valence-electron chi connectivity index (χ3n) is 5.41. The summed E-state index contributed by atoms with van der Waals surface area (Å²) in [5, 5.41) is 0.269. The van der Waals surface area contributed by atoms with E-state index in [9.17, 15) is 31.0 Å². The van der Waals surface area contributed by atoms with Crippen LogP contribution >= 0.6 is 0 Å². The number of fused-ring (bicyclic) bond motifs is 1. The summed E-state index contributed by atoms with van der Waals surface area (Å²) in [7, 11) is -2.23. The highest BCUT2D eigenvalue weighted by atomic mass is 32.2. The monoisotopic (exact) mass is 541 g/mol.